The van der Waals surface area contributed by atoms with Crippen LogP contribution in [-0.2, 0) is 5.75 Å². The van der Waals surface area contributed by atoms with E-state index < -0.39 is 0 Å². The number of hydrogen-bond acceptors (Lipinski definition) is 5. The van der Waals surface area contributed by atoms with Crippen LogP contribution >= 0.6 is 11.8 Å². The molecule has 0 aliphatic rings. The van der Waals surface area contributed by atoms with Crippen molar-refractivity contribution >= 4 is 17.6 Å². The van der Waals surface area contributed by atoms with Gasteiger partial charge in [0.25, 0.3) is 5.22 Å². The summed E-state index contributed by atoms with van der Waals surface area (Å²) in [4.78, 5) is 4.32. The Labute approximate surface area is 122 Å². The van der Waals surface area contributed by atoms with Gasteiger partial charge in [0.1, 0.15) is 17.3 Å². The number of oxazole rings is 1. The first-order valence-electron chi connectivity index (χ1n) is 6.09. The zero-order valence-corrected chi connectivity index (χ0v) is 12.5. The number of aromatic nitrogens is 1. The molecule has 6 heteroatoms. The second-order valence-electron chi connectivity index (χ2n) is 4.36. The summed E-state index contributed by atoms with van der Waals surface area (Å²) in [7, 11) is 1.57. The number of hydrogen-bond donors (Lipinski definition) is 2. The molecule has 3 N–H and O–H groups in total. The second-order valence-corrected chi connectivity index (χ2v) is 5.28. The van der Waals surface area contributed by atoms with Crippen molar-refractivity contribution in [2.24, 2.45) is 5.73 Å². The summed E-state index contributed by atoms with van der Waals surface area (Å²) >= 11 is 1.52. The number of rotatable bonds is 5. The largest absolute Gasteiger partial charge is 0.496 e. The fraction of sp³-hybridized carbons (Fsp3) is 0.286. The fourth-order valence-corrected chi connectivity index (χ4v) is 2.55. The molecule has 0 unspecified atom stereocenters. The molecule has 0 saturated carbocycles. The average molecular weight is 291 g/mol. The number of nitrogens with two attached hydrogens (primary N) is 1. The monoisotopic (exact) mass is 291 g/mol. The SMILES string of the molecule is COc1cc(CSc2nc(C)c(C)o2)ccc1C(=N)N. The molecule has 2 rings (SSSR count). The van der Waals surface area contributed by atoms with Crippen molar-refractivity contribution in [2.45, 2.75) is 24.8 Å². The predicted octanol–water partition coefficient (Wildman–Crippen LogP) is 2.88. The summed E-state index contributed by atoms with van der Waals surface area (Å²) in [6, 6.07) is 5.60. The van der Waals surface area contributed by atoms with E-state index in [1.807, 2.05) is 26.0 Å². The number of benzene rings is 1. The van der Waals surface area contributed by atoms with Crippen molar-refractivity contribution in [1.82, 2.24) is 4.98 Å². The van der Waals surface area contributed by atoms with Crippen LogP contribution in [0.25, 0.3) is 0 Å². The van der Waals surface area contributed by atoms with Gasteiger partial charge in [0.15, 0.2) is 0 Å². The number of nitrogens with zero attached hydrogens (tertiary/aromatic N) is 1. The first-order valence-corrected chi connectivity index (χ1v) is 7.08. The van der Waals surface area contributed by atoms with E-state index in [2.05, 4.69) is 4.98 Å². The highest BCUT2D eigenvalue weighted by molar-refractivity contribution is 7.98. The Kier molecular flexibility index (Phi) is 4.34. The Morgan fingerprint density at radius 1 is 1.45 bits per heavy atom. The van der Waals surface area contributed by atoms with Gasteiger partial charge in [-0.15, -0.1) is 0 Å². The minimum atomic E-state index is 0.00000361. The quantitative estimate of drug-likeness (QED) is 0.502. The van der Waals surface area contributed by atoms with Gasteiger partial charge in [0.05, 0.1) is 18.4 Å². The highest BCUT2D eigenvalue weighted by Gasteiger charge is 2.09. The highest BCUT2D eigenvalue weighted by Crippen LogP contribution is 2.27. The van der Waals surface area contributed by atoms with Gasteiger partial charge in [-0.05, 0) is 31.5 Å². The first kappa shape index (κ1) is 14.5. The topological polar surface area (TPSA) is 85.1 Å². The van der Waals surface area contributed by atoms with Crippen LogP contribution in [0.1, 0.15) is 22.6 Å². The van der Waals surface area contributed by atoms with Crippen molar-refractivity contribution in [2.75, 3.05) is 7.11 Å². The number of nitrogen functional groups attached to an aromatic ring is 1. The summed E-state index contributed by atoms with van der Waals surface area (Å²) in [5.41, 5.74) is 8.07. The molecule has 0 atom stereocenters. The summed E-state index contributed by atoms with van der Waals surface area (Å²) in [6.07, 6.45) is 0. The molecule has 0 aliphatic heterocycles. The number of nitrogens with one attached hydrogen (secondary N) is 1. The molecule has 0 bridgehead atoms. The van der Waals surface area contributed by atoms with E-state index >= 15 is 0 Å². The van der Waals surface area contributed by atoms with Crippen molar-refractivity contribution in [3.63, 3.8) is 0 Å². The molecule has 1 aromatic heterocycles. The Morgan fingerprint density at radius 3 is 2.75 bits per heavy atom. The zero-order chi connectivity index (χ0) is 14.7. The Balaban J connectivity index is 2.12. The van der Waals surface area contributed by atoms with Crippen LogP contribution in [-0.4, -0.2) is 17.9 Å². The van der Waals surface area contributed by atoms with Crippen LogP contribution in [0.3, 0.4) is 0 Å². The van der Waals surface area contributed by atoms with E-state index in [1.165, 1.54) is 11.8 Å². The van der Waals surface area contributed by atoms with Crippen molar-refractivity contribution in [3.05, 3.63) is 40.8 Å². The van der Waals surface area contributed by atoms with Crippen LogP contribution in [0.15, 0.2) is 27.8 Å². The van der Waals surface area contributed by atoms with E-state index in [9.17, 15) is 0 Å². The average Bonchev–Trinajstić information content (AvgIpc) is 2.75. The molecule has 0 spiro atoms. The molecular formula is C14H17N3O2S. The van der Waals surface area contributed by atoms with Gasteiger partial charge in [0.2, 0.25) is 0 Å². The van der Waals surface area contributed by atoms with Crippen molar-refractivity contribution in [1.29, 1.82) is 5.41 Å². The lowest BCUT2D eigenvalue weighted by Gasteiger charge is -2.08. The van der Waals surface area contributed by atoms with Crippen LogP contribution < -0.4 is 10.5 Å². The zero-order valence-electron chi connectivity index (χ0n) is 11.7. The smallest absolute Gasteiger partial charge is 0.256 e. The molecule has 0 aliphatic carbocycles. The number of methoxy groups -OCH3 is 1. The van der Waals surface area contributed by atoms with Crippen molar-refractivity contribution in [3.8, 4) is 5.75 Å². The van der Waals surface area contributed by atoms with Gasteiger partial charge >= 0.3 is 0 Å². The highest BCUT2D eigenvalue weighted by atomic mass is 32.2. The van der Waals surface area contributed by atoms with Crippen LogP contribution in [0.5, 0.6) is 5.75 Å². The molecular weight excluding hydrogens is 274 g/mol. The molecule has 106 valence electrons. The molecule has 0 radical (unpaired) electrons. The number of thioether (sulfide) groups is 1. The van der Waals surface area contributed by atoms with Crippen LogP contribution in [0, 0.1) is 19.3 Å². The van der Waals surface area contributed by atoms with Gasteiger partial charge < -0.3 is 14.9 Å². The molecule has 0 fully saturated rings. The lowest BCUT2D eigenvalue weighted by molar-refractivity contribution is 0.413. The predicted molar refractivity (Wildman–Crippen MR) is 79.5 cm³/mol. The summed E-state index contributed by atoms with van der Waals surface area (Å²) in [5, 5.41) is 8.14. The summed E-state index contributed by atoms with van der Waals surface area (Å²) in [6.45, 7) is 3.82. The maximum atomic E-state index is 7.48. The molecule has 1 heterocycles. The molecule has 5 nitrogen and oxygen atoms in total. The van der Waals surface area contributed by atoms with Crippen LogP contribution in [0.2, 0.25) is 0 Å². The third kappa shape index (κ3) is 3.14. The molecule has 2 aromatic rings. The minimum Gasteiger partial charge on any atom is -0.496 e. The van der Waals surface area contributed by atoms with Crippen molar-refractivity contribution < 1.29 is 9.15 Å². The van der Waals surface area contributed by atoms with Gasteiger partial charge in [-0.2, -0.15) is 0 Å². The second kappa shape index (κ2) is 6.00. The molecule has 0 amide bonds. The molecule has 0 saturated heterocycles. The van der Waals surface area contributed by atoms with Gasteiger partial charge in [-0.3, -0.25) is 5.41 Å². The number of aryl methyl sites for hydroxylation is 2. The Bertz CT molecular complexity index is 618. The van der Waals surface area contributed by atoms with E-state index in [1.54, 1.807) is 13.2 Å². The Morgan fingerprint density at radius 2 is 2.20 bits per heavy atom. The normalized spacial score (nSPS) is 10.6. The lowest BCUT2D eigenvalue weighted by Crippen LogP contribution is -2.12. The maximum absolute atomic E-state index is 7.48. The van der Waals surface area contributed by atoms with E-state index in [0.717, 1.165) is 17.0 Å². The lowest BCUT2D eigenvalue weighted by atomic mass is 10.1. The summed E-state index contributed by atoms with van der Waals surface area (Å²) in [5.74, 6) is 2.17. The molecule has 20 heavy (non-hydrogen) atoms. The van der Waals surface area contributed by atoms with E-state index in [-0.39, 0.29) is 5.84 Å². The van der Waals surface area contributed by atoms with E-state index in [4.69, 9.17) is 20.3 Å². The first-order chi connectivity index (χ1) is 9.51. The molecule has 1 aromatic carbocycles. The standard InChI is InChI=1S/C14H17N3O2S/c1-8-9(2)19-14(17-8)20-7-10-4-5-11(13(15)16)12(6-10)18-3/h4-6H,7H2,1-3H3,(H3,15,16). The summed E-state index contributed by atoms with van der Waals surface area (Å²) < 4.78 is 10.8. The van der Waals surface area contributed by atoms with Crippen LogP contribution in [0.4, 0.5) is 0 Å². The third-order valence-corrected chi connectivity index (χ3v) is 3.83. The Hall–Kier alpha value is -1.95. The fourth-order valence-electron chi connectivity index (χ4n) is 1.70. The van der Waals surface area contributed by atoms with Gasteiger partial charge in [-0.25, -0.2) is 4.98 Å². The van der Waals surface area contributed by atoms with Gasteiger partial charge in [-0.1, -0.05) is 17.8 Å². The maximum Gasteiger partial charge on any atom is 0.256 e. The number of ether oxygens (including phenoxy) is 1. The third-order valence-electron chi connectivity index (χ3n) is 2.93. The van der Waals surface area contributed by atoms with Gasteiger partial charge in [0, 0.05) is 5.75 Å². The van der Waals surface area contributed by atoms with E-state index in [0.29, 0.717) is 22.3 Å². The minimum absolute atomic E-state index is 0.00000361. The number of amidine groups is 1.